The second-order valence-electron chi connectivity index (χ2n) is 3.77. The third-order valence-electron chi connectivity index (χ3n) is 2.58. The number of aromatic nitrogens is 2. The van der Waals surface area contributed by atoms with Gasteiger partial charge < -0.3 is 5.11 Å². The topological polar surface area (TPSA) is 38.0 Å². The van der Waals surface area contributed by atoms with Crippen LogP contribution in [-0.4, -0.2) is 14.9 Å². The minimum Gasteiger partial charge on any atom is -0.504 e. The minimum atomic E-state index is -4.40. The predicted octanol–water partition coefficient (Wildman–Crippen LogP) is 3.29. The summed E-state index contributed by atoms with van der Waals surface area (Å²) in [5.41, 5.74) is -0.159. The summed E-state index contributed by atoms with van der Waals surface area (Å²) in [4.78, 5) is 0. The summed E-state index contributed by atoms with van der Waals surface area (Å²) in [5.74, 6) is -0.129. The lowest BCUT2D eigenvalue weighted by atomic mass is 10.1. The van der Waals surface area contributed by atoms with Crippen molar-refractivity contribution < 1.29 is 18.3 Å². The molecule has 0 aliphatic rings. The molecule has 6 heteroatoms. The van der Waals surface area contributed by atoms with Gasteiger partial charge in [0.25, 0.3) is 0 Å². The van der Waals surface area contributed by atoms with Gasteiger partial charge in [-0.25, -0.2) is 0 Å². The highest BCUT2D eigenvalue weighted by Crippen LogP contribution is 2.34. The van der Waals surface area contributed by atoms with Gasteiger partial charge in [-0.2, -0.15) is 18.3 Å². The molecular weight excluding hydrogens is 245 g/mol. The smallest absolute Gasteiger partial charge is 0.416 e. The number of halogens is 3. The van der Waals surface area contributed by atoms with Gasteiger partial charge in [-0.15, -0.1) is 0 Å². The Morgan fingerprint density at radius 3 is 2.67 bits per heavy atom. The molecule has 0 aliphatic carbocycles. The van der Waals surface area contributed by atoms with Gasteiger partial charge in [0.1, 0.15) is 5.69 Å². The average Bonchev–Trinajstić information content (AvgIpc) is 2.69. The van der Waals surface area contributed by atoms with Gasteiger partial charge in [0.15, 0.2) is 5.75 Å². The van der Waals surface area contributed by atoms with Crippen molar-refractivity contribution in [2.24, 2.45) is 0 Å². The highest BCUT2D eigenvalue weighted by molar-refractivity contribution is 5.66. The van der Waals surface area contributed by atoms with Crippen LogP contribution in [0, 0.1) is 0 Å². The molecule has 2 aromatic rings. The normalized spacial score (nSPS) is 11.8. The van der Waals surface area contributed by atoms with Crippen LogP contribution in [-0.2, 0) is 12.7 Å². The Bertz CT molecular complexity index is 561. The van der Waals surface area contributed by atoms with Crippen molar-refractivity contribution in [1.82, 2.24) is 9.78 Å². The molecule has 1 N–H and O–H groups in total. The van der Waals surface area contributed by atoms with Crippen molar-refractivity contribution in [3.05, 3.63) is 36.0 Å². The van der Waals surface area contributed by atoms with Crippen LogP contribution in [0.5, 0.6) is 5.75 Å². The highest BCUT2D eigenvalue weighted by atomic mass is 19.4. The van der Waals surface area contributed by atoms with Crippen LogP contribution in [0.25, 0.3) is 11.3 Å². The van der Waals surface area contributed by atoms with Gasteiger partial charge >= 0.3 is 6.18 Å². The van der Waals surface area contributed by atoms with Crippen molar-refractivity contribution in [3.8, 4) is 17.0 Å². The third kappa shape index (κ3) is 2.18. The molecule has 3 nitrogen and oxygen atoms in total. The summed E-state index contributed by atoms with van der Waals surface area (Å²) in [6.07, 6.45) is -3.18. The van der Waals surface area contributed by atoms with E-state index in [2.05, 4.69) is 5.10 Å². The first-order valence-corrected chi connectivity index (χ1v) is 5.36. The van der Waals surface area contributed by atoms with Crippen molar-refractivity contribution in [1.29, 1.82) is 0 Å². The largest absolute Gasteiger partial charge is 0.504 e. The number of alkyl halides is 3. The lowest BCUT2D eigenvalue weighted by Crippen LogP contribution is -2.05. The molecule has 0 unspecified atom stereocenters. The quantitative estimate of drug-likeness (QED) is 0.895. The number of aromatic hydroxyl groups is 1. The van der Waals surface area contributed by atoms with E-state index in [0.29, 0.717) is 17.8 Å². The second kappa shape index (κ2) is 4.36. The van der Waals surface area contributed by atoms with Crippen LogP contribution >= 0.6 is 0 Å². The fourth-order valence-corrected chi connectivity index (χ4v) is 1.75. The standard InChI is InChI=1S/C12H11F3N2O/c1-2-17-11(10(18)7-16-17)8-4-3-5-9(6-8)12(13,14)15/h3-7,18H,2H2,1H3. The van der Waals surface area contributed by atoms with Gasteiger partial charge in [0.2, 0.25) is 0 Å². The van der Waals surface area contributed by atoms with Crippen LogP contribution in [0.3, 0.4) is 0 Å². The maximum Gasteiger partial charge on any atom is 0.416 e. The first kappa shape index (κ1) is 12.5. The summed E-state index contributed by atoms with van der Waals surface area (Å²) < 4.78 is 39.3. The average molecular weight is 256 g/mol. The Labute approximate surface area is 101 Å². The molecule has 1 heterocycles. The van der Waals surface area contributed by atoms with E-state index in [1.54, 1.807) is 6.92 Å². The summed E-state index contributed by atoms with van der Waals surface area (Å²) in [7, 11) is 0. The molecule has 0 radical (unpaired) electrons. The zero-order valence-electron chi connectivity index (χ0n) is 9.57. The predicted molar refractivity (Wildman–Crippen MR) is 60.0 cm³/mol. The highest BCUT2D eigenvalue weighted by Gasteiger charge is 2.30. The van der Waals surface area contributed by atoms with E-state index < -0.39 is 11.7 Å². The Hall–Kier alpha value is -1.98. The summed E-state index contributed by atoms with van der Waals surface area (Å²) in [6, 6.07) is 4.82. The molecule has 1 aromatic carbocycles. The Balaban J connectivity index is 2.55. The molecule has 1 aromatic heterocycles. The van der Waals surface area contributed by atoms with E-state index in [9.17, 15) is 18.3 Å². The maximum atomic E-state index is 12.6. The van der Waals surface area contributed by atoms with Gasteiger partial charge in [-0.1, -0.05) is 12.1 Å². The van der Waals surface area contributed by atoms with Crippen molar-refractivity contribution in [2.45, 2.75) is 19.6 Å². The van der Waals surface area contributed by atoms with Crippen LogP contribution in [0.15, 0.2) is 30.5 Å². The summed E-state index contributed by atoms with van der Waals surface area (Å²) in [5, 5.41) is 13.5. The number of rotatable bonds is 2. The Morgan fingerprint density at radius 2 is 2.06 bits per heavy atom. The monoisotopic (exact) mass is 256 g/mol. The zero-order valence-corrected chi connectivity index (χ0v) is 9.57. The fourth-order valence-electron chi connectivity index (χ4n) is 1.75. The zero-order chi connectivity index (χ0) is 13.3. The number of hydrogen-bond donors (Lipinski definition) is 1. The SMILES string of the molecule is CCn1ncc(O)c1-c1cccc(C(F)(F)F)c1. The molecule has 0 atom stereocenters. The van der Waals surface area contributed by atoms with Gasteiger partial charge in [-0.3, -0.25) is 4.68 Å². The number of hydrogen-bond acceptors (Lipinski definition) is 2. The maximum absolute atomic E-state index is 12.6. The molecule has 0 saturated heterocycles. The van der Waals surface area contributed by atoms with E-state index in [-0.39, 0.29) is 5.75 Å². The summed E-state index contributed by atoms with van der Waals surface area (Å²) in [6.45, 7) is 2.26. The number of benzene rings is 1. The molecule has 0 spiro atoms. The molecule has 0 bridgehead atoms. The molecule has 0 fully saturated rings. The fraction of sp³-hybridized carbons (Fsp3) is 0.250. The van der Waals surface area contributed by atoms with E-state index in [1.165, 1.54) is 23.0 Å². The molecule has 0 saturated carbocycles. The van der Waals surface area contributed by atoms with E-state index in [4.69, 9.17) is 0 Å². The van der Waals surface area contributed by atoms with Gasteiger partial charge in [0.05, 0.1) is 11.8 Å². The van der Waals surface area contributed by atoms with Crippen LogP contribution in [0.1, 0.15) is 12.5 Å². The van der Waals surface area contributed by atoms with Crippen LogP contribution in [0.2, 0.25) is 0 Å². The van der Waals surface area contributed by atoms with E-state index in [1.807, 2.05) is 0 Å². The van der Waals surface area contributed by atoms with Crippen molar-refractivity contribution in [2.75, 3.05) is 0 Å². The molecule has 0 amide bonds. The Kier molecular flexibility index (Phi) is 3.02. The van der Waals surface area contributed by atoms with Crippen molar-refractivity contribution in [3.63, 3.8) is 0 Å². The molecule has 2 rings (SSSR count). The van der Waals surface area contributed by atoms with E-state index in [0.717, 1.165) is 12.1 Å². The van der Waals surface area contributed by atoms with E-state index >= 15 is 0 Å². The summed E-state index contributed by atoms with van der Waals surface area (Å²) >= 11 is 0. The second-order valence-corrected chi connectivity index (χ2v) is 3.77. The Morgan fingerprint density at radius 1 is 1.33 bits per heavy atom. The third-order valence-corrected chi connectivity index (χ3v) is 2.58. The van der Waals surface area contributed by atoms with Gasteiger partial charge in [-0.05, 0) is 19.1 Å². The first-order valence-electron chi connectivity index (χ1n) is 5.36. The lowest BCUT2D eigenvalue weighted by Gasteiger charge is -2.10. The number of nitrogens with zero attached hydrogens (tertiary/aromatic N) is 2. The molecule has 18 heavy (non-hydrogen) atoms. The molecule has 0 aliphatic heterocycles. The molecular formula is C12H11F3N2O. The van der Waals surface area contributed by atoms with Gasteiger partial charge in [0, 0.05) is 12.1 Å². The molecule has 96 valence electrons. The first-order chi connectivity index (χ1) is 8.43. The lowest BCUT2D eigenvalue weighted by molar-refractivity contribution is -0.137. The minimum absolute atomic E-state index is 0.129. The van der Waals surface area contributed by atoms with Crippen LogP contribution < -0.4 is 0 Å². The number of aryl methyl sites for hydroxylation is 1. The van der Waals surface area contributed by atoms with Crippen LogP contribution in [0.4, 0.5) is 13.2 Å². The van der Waals surface area contributed by atoms with Crippen molar-refractivity contribution >= 4 is 0 Å².